The molecular weight excluding hydrogens is 432 g/mol. The molecule has 7 heteroatoms. The minimum absolute atomic E-state index is 0.0307. The Morgan fingerprint density at radius 1 is 1.06 bits per heavy atom. The van der Waals surface area contributed by atoms with Crippen LogP contribution in [0.25, 0.3) is 11.1 Å². The normalized spacial score (nSPS) is 19.4. The molecule has 1 saturated carbocycles. The molecule has 0 radical (unpaired) electrons. The monoisotopic (exact) mass is 464 g/mol. The topological polar surface area (TPSA) is 105 Å². The van der Waals surface area contributed by atoms with Gasteiger partial charge in [0.15, 0.2) is 0 Å². The standard InChI is InChI=1S/C27H32N2O5/c1-27(2)13-7-8-17(15-27)28-25(32)23(14-24(30)31)29-26(33)34-16-22-20-11-5-3-9-18(20)19-10-4-6-12-21(19)22/h3-6,9-12,17,22-23H,7-8,13-16H2,1-2H3,(H,28,32)(H,29,33)(H,30,31). The van der Waals surface area contributed by atoms with E-state index in [1.807, 2.05) is 48.5 Å². The highest BCUT2D eigenvalue weighted by Crippen LogP contribution is 2.44. The summed E-state index contributed by atoms with van der Waals surface area (Å²) in [5.41, 5.74) is 4.52. The van der Waals surface area contributed by atoms with E-state index in [0.29, 0.717) is 0 Å². The molecule has 180 valence electrons. The van der Waals surface area contributed by atoms with Gasteiger partial charge in [-0.05, 0) is 46.9 Å². The van der Waals surface area contributed by atoms with Crippen LogP contribution in [-0.4, -0.2) is 41.8 Å². The average molecular weight is 465 g/mol. The lowest BCUT2D eigenvalue weighted by molar-refractivity contribution is -0.140. The second kappa shape index (κ2) is 9.87. The minimum atomic E-state index is -1.20. The number of aliphatic carboxylic acids is 1. The Bertz CT molecular complexity index is 1030. The van der Waals surface area contributed by atoms with E-state index in [-0.39, 0.29) is 24.0 Å². The lowest BCUT2D eigenvalue weighted by Gasteiger charge is -2.36. The Hall–Kier alpha value is -3.35. The van der Waals surface area contributed by atoms with Crippen molar-refractivity contribution in [3.05, 3.63) is 59.7 Å². The molecule has 34 heavy (non-hydrogen) atoms. The molecule has 2 aromatic rings. The lowest BCUT2D eigenvalue weighted by atomic mass is 9.75. The van der Waals surface area contributed by atoms with E-state index in [1.54, 1.807) is 0 Å². The highest BCUT2D eigenvalue weighted by molar-refractivity contribution is 5.89. The Morgan fingerprint density at radius 2 is 1.68 bits per heavy atom. The number of carboxylic acids is 1. The third-order valence-corrected chi connectivity index (χ3v) is 6.88. The first-order valence-corrected chi connectivity index (χ1v) is 11.9. The van der Waals surface area contributed by atoms with Crippen LogP contribution in [0.4, 0.5) is 4.79 Å². The van der Waals surface area contributed by atoms with Gasteiger partial charge in [0.1, 0.15) is 12.6 Å². The molecule has 0 heterocycles. The molecule has 0 aliphatic heterocycles. The van der Waals surface area contributed by atoms with Crippen LogP contribution in [0.15, 0.2) is 48.5 Å². The lowest BCUT2D eigenvalue weighted by Crippen LogP contribution is -2.52. The van der Waals surface area contributed by atoms with Crippen molar-refractivity contribution in [3.63, 3.8) is 0 Å². The van der Waals surface area contributed by atoms with Gasteiger partial charge in [-0.25, -0.2) is 4.79 Å². The summed E-state index contributed by atoms with van der Waals surface area (Å²) in [5, 5.41) is 14.7. The summed E-state index contributed by atoms with van der Waals surface area (Å²) in [4.78, 5) is 36.8. The number of nitrogens with one attached hydrogen (secondary N) is 2. The maximum absolute atomic E-state index is 12.8. The molecule has 2 atom stereocenters. The zero-order chi connectivity index (χ0) is 24.3. The molecule has 3 N–H and O–H groups in total. The number of carbonyl (C=O) groups is 3. The van der Waals surface area contributed by atoms with E-state index in [2.05, 4.69) is 24.5 Å². The Kier molecular flexibility index (Phi) is 6.91. The number of ether oxygens (including phenoxy) is 1. The molecule has 2 aromatic carbocycles. The fraction of sp³-hybridized carbons (Fsp3) is 0.444. The van der Waals surface area contributed by atoms with Crippen molar-refractivity contribution < 1.29 is 24.2 Å². The predicted molar refractivity (Wildman–Crippen MR) is 128 cm³/mol. The Morgan fingerprint density at radius 3 is 2.26 bits per heavy atom. The highest BCUT2D eigenvalue weighted by Gasteiger charge is 2.33. The van der Waals surface area contributed by atoms with Crippen molar-refractivity contribution in [3.8, 4) is 11.1 Å². The summed E-state index contributed by atoms with van der Waals surface area (Å²) in [6.45, 7) is 4.42. The van der Waals surface area contributed by atoms with Gasteiger partial charge in [0.25, 0.3) is 0 Å². The second-order valence-electron chi connectivity index (χ2n) is 10.1. The van der Waals surface area contributed by atoms with Gasteiger partial charge in [-0.3, -0.25) is 9.59 Å². The first kappa shape index (κ1) is 23.8. The van der Waals surface area contributed by atoms with Gasteiger partial charge in [-0.2, -0.15) is 0 Å². The number of hydrogen-bond acceptors (Lipinski definition) is 4. The fourth-order valence-corrected chi connectivity index (χ4v) is 5.29. The SMILES string of the molecule is CC1(C)CCCC(NC(=O)C(CC(=O)O)NC(=O)OCC2c3ccccc3-c3ccccc32)C1. The van der Waals surface area contributed by atoms with Crippen LogP contribution < -0.4 is 10.6 Å². The number of carbonyl (C=O) groups excluding carboxylic acids is 2. The first-order valence-electron chi connectivity index (χ1n) is 11.9. The number of fused-ring (bicyclic) bond motifs is 3. The van der Waals surface area contributed by atoms with Crippen LogP contribution in [-0.2, 0) is 14.3 Å². The highest BCUT2D eigenvalue weighted by atomic mass is 16.5. The zero-order valence-electron chi connectivity index (χ0n) is 19.7. The van der Waals surface area contributed by atoms with E-state index < -0.39 is 30.4 Å². The summed E-state index contributed by atoms with van der Waals surface area (Å²) in [5.74, 6) is -1.77. The molecule has 0 aromatic heterocycles. The first-order chi connectivity index (χ1) is 16.2. The maximum Gasteiger partial charge on any atom is 0.407 e. The van der Waals surface area contributed by atoms with Gasteiger partial charge >= 0.3 is 12.1 Å². The molecule has 7 nitrogen and oxygen atoms in total. The van der Waals surface area contributed by atoms with Crippen molar-refractivity contribution in [2.24, 2.45) is 5.41 Å². The molecule has 0 saturated heterocycles. The smallest absolute Gasteiger partial charge is 0.407 e. The van der Waals surface area contributed by atoms with Crippen molar-refractivity contribution >= 4 is 18.0 Å². The fourth-order valence-electron chi connectivity index (χ4n) is 5.29. The summed E-state index contributed by atoms with van der Waals surface area (Å²) in [6, 6.07) is 14.8. The van der Waals surface area contributed by atoms with Gasteiger partial charge in [-0.15, -0.1) is 0 Å². The number of amides is 2. The van der Waals surface area contributed by atoms with E-state index in [1.165, 1.54) is 0 Å². The Labute approximate surface area is 199 Å². The van der Waals surface area contributed by atoms with Gasteiger partial charge < -0.3 is 20.5 Å². The predicted octanol–water partition coefficient (Wildman–Crippen LogP) is 4.45. The third-order valence-electron chi connectivity index (χ3n) is 6.88. The minimum Gasteiger partial charge on any atom is -0.481 e. The number of rotatable bonds is 7. The second-order valence-corrected chi connectivity index (χ2v) is 10.1. The van der Waals surface area contributed by atoms with Gasteiger partial charge in [0, 0.05) is 12.0 Å². The van der Waals surface area contributed by atoms with Crippen LogP contribution >= 0.6 is 0 Å². The molecule has 2 unspecified atom stereocenters. The number of hydrogen-bond donors (Lipinski definition) is 3. The van der Waals surface area contributed by atoms with Crippen molar-refractivity contribution in [1.29, 1.82) is 0 Å². The molecule has 2 amide bonds. The molecule has 0 bridgehead atoms. The Balaban J connectivity index is 1.39. The maximum atomic E-state index is 12.8. The summed E-state index contributed by atoms with van der Waals surface area (Å²) in [7, 11) is 0. The zero-order valence-corrected chi connectivity index (χ0v) is 19.7. The number of benzene rings is 2. The van der Waals surface area contributed by atoms with Gasteiger partial charge in [0.05, 0.1) is 6.42 Å². The van der Waals surface area contributed by atoms with E-state index in [9.17, 15) is 19.5 Å². The van der Waals surface area contributed by atoms with Crippen molar-refractivity contribution in [2.45, 2.75) is 64.0 Å². The largest absolute Gasteiger partial charge is 0.481 e. The van der Waals surface area contributed by atoms with Crippen molar-refractivity contribution in [1.82, 2.24) is 10.6 Å². The molecule has 1 fully saturated rings. The number of alkyl carbamates (subject to hydrolysis) is 1. The van der Waals surface area contributed by atoms with Gasteiger partial charge in [-0.1, -0.05) is 68.8 Å². The van der Waals surface area contributed by atoms with E-state index >= 15 is 0 Å². The summed E-state index contributed by atoms with van der Waals surface area (Å²) >= 11 is 0. The molecule has 4 rings (SSSR count). The van der Waals surface area contributed by atoms with Crippen molar-refractivity contribution in [2.75, 3.05) is 6.61 Å². The molecule has 0 spiro atoms. The van der Waals surface area contributed by atoms with Crippen LogP contribution in [0, 0.1) is 5.41 Å². The number of carboxylic acid groups (broad SMARTS) is 1. The van der Waals surface area contributed by atoms with Gasteiger partial charge in [0.2, 0.25) is 5.91 Å². The quantitative estimate of drug-likeness (QED) is 0.561. The third kappa shape index (κ3) is 5.41. The van der Waals surface area contributed by atoms with Crippen LogP contribution in [0.2, 0.25) is 0 Å². The molecule has 2 aliphatic rings. The summed E-state index contributed by atoms with van der Waals surface area (Å²) < 4.78 is 5.50. The van der Waals surface area contributed by atoms with E-state index in [4.69, 9.17) is 4.74 Å². The molecular formula is C27H32N2O5. The average Bonchev–Trinajstić information content (AvgIpc) is 3.10. The molecule has 2 aliphatic carbocycles. The van der Waals surface area contributed by atoms with Crippen LogP contribution in [0.3, 0.4) is 0 Å². The summed E-state index contributed by atoms with van der Waals surface area (Å²) in [6.07, 6.45) is 2.46. The van der Waals surface area contributed by atoms with E-state index in [0.717, 1.165) is 47.9 Å². The van der Waals surface area contributed by atoms with Crippen LogP contribution in [0.5, 0.6) is 0 Å². The van der Waals surface area contributed by atoms with Crippen LogP contribution in [0.1, 0.15) is 63.0 Å².